The first-order valence-corrected chi connectivity index (χ1v) is 5.14. The van der Waals surface area contributed by atoms with Crippen LogP contribution in [0.4, 0.5) is 0 Å². The zero-order chi connectivity index (χ0) is 9.68. The van der Waals surface area contributed by atoms with Crippen LogP contribution in [0.1, 0.15) is 13.3 Å². The number of aromatic nitrogens is 2. The summed E-state index contributed by atoms with van der Waals surface area (Å²) >= 11 is 2.17. The van der Waals surface area contributed by atoms with Crippen LogP contribution in [0.2, 0.25) is 0 Å². The van der Waals surface area contributed by atoms with Gasteiger partial charge in [-0.05, 0) is 29.5 Å². The van der Waals surface area contributed by atoms with Gasteiger partial charge in [0.05, 0.1) is 29.3 Å². The van der Waals surface area contributed by atoms with Crippen LogP contribution in [0.5, 0.6) is 0 Å². The van der Waals surface area contributed by atoms with Crippen molar-refractivity contribution in [3.05, 3.63) is 16.0 Å². The molecule has 0 spiro atoms. The second-order valence-electron chi connectivity index (χ2n) is 2.48. The fourth-order valence-corrected chi connectivity index (χ4v) is 1.35. The fraction of sp³-hybridized carbons (Fsp3) is 0.500. The Hall–Kier alpha value is -0.590. The monoisotopic (exact) mass is 294 g/mol. The zero-order valence-corrected chi connectivity index (χ0v) is 9.52. The highest BCUT2D eigenvalue weighted by molar-refractivity contribution is 14.1. The highest BCUT2D eigenvalue weighted by atomic mass is 127. The number of aryl methyl sites for hydroxylation is 1. The van der Waals surface area contributed by atoms with E-state index >= 15 is 0 Å². The molecule has 0 N–H and O–H groups in total. The maximum atomic E-state index is 11.0. The quantitative estimate of drug-likeness (QED) is 0.623. The Labute approximate surface area is 90.4 Å². The van der Waals surface area contributed by atoms with E-state index in [1.807, 2.05) is 6.20 Å². The molecule has 0 aliphatic rings. The van der Waals surface area contributed by atoms with Crippen LogP contribution in [0.25, 0.3) is 0 Å². The molecule has 0 fully saturated rings. The van der Waals surface area contributed by atoms with E-state index in [2.05, 4.69) is 27.7 Å². The van der Waals surface area contributed by atoms with Crippen molar-refractivity contribution < 1.29 is 9.53 Å². The standard InChI is InChI=1S/C8H11IN2O2/c1-2-13-8(12)3-4-11-6-7(9)5-10-11/h5-6H,2-4H2,1H3. The molecule has 0 radical (unpaired) electrons. The molecule has 5 heteroatoms. The van der Waals surface area contributed by atoms with E-state index in [1.165, 1.54) is 0 Å². The molecule has 0 aliphatic heterocycles. The minimum absolute atomic E-state index is 0.173. The Bertz CT molecular complexity index is 285. The topological polar surface area (TPSA) is 44.1 Å². The normalized spacial score (nSPS) is 10.0. The van der Waals surface area contributed by atoms with Crippen LogP contribution < -0.4 is 0 Å². The molecule has 4 nitrogen and oxygen atoms in total. The number of carbonyl (C=O) groups excluding carboxylic acids is 1. The number of hydrogen-bond acceptors (Lipinski definition) is 3. The Kier molecular flexibility index (Phi) is 4.20. The zero-order valence-electron chi connectivity index (χ0n) is 7.36. The Morgan fingerprint density at radius 2 is 2.54 bits per heavy atom. The van der Waals surface area contributed by atoms with Gasteiger partial charge >= 0.3 is 5.97 Å². The van der Waals surface area contributed by atoms with Gasteiger partial charge in [-0.1, -0.05) is 0 Å². The average Bonchev–Trinajstić information content (AvgIpc) is 2.49. The van der Waals surface area contributed by atoms with Crippen molar-refractivity contribution in [2.75, 3.05) is 6.61 Å². The number of carbonyl (C=O) groups is 1. The average molecular weight is 294 g/mol. The van der Waals surface area contributed by atoms with Gasteiger partial charge in [-0.15, -0.1) is 0 Å². The summed E-state index contributed by atoms with van der Waals surface area (Å²) in [6.07, 6.45) is 4.02. The Balaban J connectivity index is 2.30. The predicted octanol–water partition coefficient (Wildman–Crippen LogP) is 1.44. The molecule has 0 bridgehead atoms. The van der Waals surface area contributed by atoms with E-state index in [9.17, 15) is 4.79 Å². The highest BCUT2D eigenvalue weighted by Crippen LogP contribution is 2.01. The summed E-state index contributed by atoms with van der Waals surface area (Å²) in [6, 6.07) is 0. The van der Waals surface area contributed by atoms with Gasteiger partial charge in [-0.3, -0.25) is 9.48 Å². The number of esters is 1. The van der Waals surface area contributed by atoms with Crippen molar-refractivity contribution in [3.8, 4) is 0 Å². The Morgan fingerprint density at radius 1 is 1.77 bits per heavy atom. The summed E-state index contributed by atoms with van der Waals surface area (Å²) in [5, 5.41) is 4.05. The second kappa shape index (κ2) is 5.21. The molecular formula is C8H11IN2O2. The number of nitrogens with zero attached hydrogens (tertiary/aromatic N) is 2. The molecule has 1 rings (SSSR count). The van der Waals surface area contributed by atoms with Crippen LogP contribution in [0.3, 0.4) is 0 Å². The molecule has 1 aromatic rings. The van der Waals surface area contributed by atoms with Gasteiger partial charge in [0.1, 0.15) is 0 Å². The second-order valence-corrected chi connectivity index (χ2v) is 3.72. The van der Waals surface area contributed by atoms with Crippen LogP contribution >= 0.6 is 22.6 Å². The third kappa shape index (κ3) is 3.75. The lowest BCUT2D eigenvalue weighted by Gasteiger charge is -2.01. The summed E-state index contributed by atoms with van der Waals surface area (Å²) in [4.78, 5) is 11.0. The SMILES string of the molecule is CCOC(=O)CCn1cc(I)cn1. The molecule has 0 saturated carbocycles. The van der Waals surface area contributed by atoms with Gasteiger partial charge in [0, 0.05) is 6.20 Å². The van der Waals surface area contributed by atoms with Gasteiger partial charge in [0.15, 0.2) is 0 Å². The van der Waals surface area contributed by atoms with Crippen molar-refractivity contribution in [3.63, 3.8) is 0 Å². The van der Waals surface area contributed by atoms with Crippen molar-refractivity contribution in [1.82, 2.24) is 9.78 Å². The van der Waals surface area contributed by atoms with Crippen LogP contribution in [-0.4, -0.2) is 22.4 Å². The fourth-order valence-electron chi connectivity index (χ4n) is 0.900. The molecule has 1 heterocycles. The maximum Gasteiger partial charge on any atom is 0.307 e. The third-order valence-electron chi connectivity index (χ3n) is 1.45. The van der Waals surface area contributed by atoms with E-state index in [4.69, 9.17) is 4.74 Å². The van der Waals surface area contributed by atoms with E-state index in [-0.39, 0.29) is 5.97 Å². The lowest BCUT2D eigenvalue weighted by atomic mass is 10.4. The minimum Gasteiger partial charge on any atom is -0.466 e. The first kappa shape index (κ1) is 10.5. The smallest absolute Gasteiger partial charge is 0.307 e. The van der Waals surface area contributed by atoms with Crippen LogP contribution in [0, 0.1) is 3.57 Å². The summed E-state index contributed by atoms with van der Waals surface area (Å²) in [6.45, 7) is 2.83. The molecule has 72 valence electrons. The van der Waals surface area contributed by atoms with Crippen LogP contribution in [-0.2, 0) is 16.1 Å². The molecule has 0 amide bonds. The predicted molar refractivity (Wildman–Crippen MR) is 56.2 cm³/mol. The van der Waals surface area contributed by atoms with Gasteiger partial charge in [-0.2, -0.15) is 5.10 Å². The number of hydrogen-bond donors (Lipinski definition) is 0. The van der Waals surface area contributed by atoms with Crippen molar-refractivity contribution in [2.24, 2.45) is 0 Å². The van der Waals surface area contributed by atoms with Crippen molar-refractivity contribution >= 4 is 28.6 Å². The molecule has 13 heavy (non-hydrogen) atoms. The third-order valence-corrected chi connectivity index (χ3v) is 2.01. The highest BCUT2D eigenvalue weighted by Gasteiger charge is 2.02. The Morgan fingerprint density at radius 3 is 3.08 bits per heavy atom. The van der Waals surface area contributed by atoms with E-state index in [0.717, 1.165) is 3.57 Å². The van der Waals surface area contributed by atoms with Crippen molar-refractivity contribution in [2.45, 2.75) is 19.9 Å². The first-order chi connectivity index (χ1) is 6.22. The summed E-state index contributed by atoms with van der Waals surface area (Å²) in [7, 11) is 0. The summed E-state index contributed by atoms with van der Waals surface area (Å²) in [5.74, 6) is -0.173. The molecule has 0 atom stereocenters. The summed E-state index contributed by atoms with van der Waals surface area (Å²) < 4.78 is 7.59. The molecule has 0 unspecified atom stereocenters. The number of ether oxygens (including phenoxy) is 1. The molecule has 0 saturated heterocycles. The van der Waals surface area contributed by atoms with Gasteiger partial charge in [-0.25, -0.2) is 0 Å². The van der Waals surface area contributed by atoms with E-state index < -0.39 is 0 Å². The van der Waals surface area contributed by atoms with Gasteiger partial charge < -0.3 is 4.74 Å². The van der Waals surface area contributed by atoms with Crippen molar-refractivity contribution in [1.29, 1.82) is 0 Å². The van der Waals surface area contributed by atoms with Crippen LogP contribution in [0.15, 0.2) is 12.4 Å². The molecule has 0 aliphatic carbocycles. The molecule has 1 aromatic heterocycles. The van der Waals surface area contributed by atoms with Gasteiger partial charge in [0.25, 0.3) is 0 Å². The number of halogens is 1. The largest absolute Gasteiger partial charge is 0.466 e. The number of rotatable bonds is 4. The van der Waals surface area contributed by atoms with Gasteiger partial charge in [0.2, 0.25) is 0 Å². The maximum absolute atomic E-state index is 11.0. The van der Waals surface area contributed by atoms with E-state index in [1.54, 1.807) is 17.8 Å². The first-order valence-electron chi connectivity index (χ1n) is 4.06. The summed E-state index contributed by atoms with van der Waals surface area (Å²) in [5.41, 5.74) is 0. The molecule has 0 aromatic carbocycles. The molecular weight excluding hydrogens is 283 g/mol. The lowest BCUT2D eigenvalue weighted by Crippen LogP contribution is -2.09. The van der Waals surface area contributed by atoms with E-state index in [0.29, 0.717) is 19.6 Å². The lowest BCUT2D eigenvalue weighted by molar-refractivity contribution is -0.143. The minimum atomic E-state index is -0.173.